The lowest BCUT2D eigenvalue weighted by Gasteiger charge is -2.29. The maximum absolute atomic E-state index is 9.95. The molecule has 4 heteroatoms. The highest BCUT2D eigenvalue weighted by Gasteiger charge is 2.25. The van der Waals surface area contributed by atoms with E-state index in [1.165, 1.54) is 0 Å². The summed E-state index contributed by atoms with van der Waals surface area (Å²) < 4.78 is 16.6. The van der Waals surface area contributed by atoms with E-state index in [1.54, 1.807) is 12.2 Å². The van der Waals surface area contributed by atoms with Gasteiger partial charge in [-0.3, -0.25) is 0 Å². The molecule has 0 aromatic heterocycles. The second-order valence-electron chi connectivity index (χ2n) is 4.77. The predicted molar refractivity (Wildman–Crippen MR) is 81.5 cm³/mol. The molecule has 0 saturated carbocycles. The molecule has 2 rings (SSSR count). The van der Waals surface area contributed by atoms with Crippen molar-refractivity contribution in [3.8, 4) is 0 Å². The number of hydrogen-bond donors (Lipinski definition) is 1. The zero-order valence-corrected chi connectivity index (χ0v) is 12.4. The third kappa shape index (κ3) is 5.10. The molecule has 0 radical (unpaired) electrons. The molecule has 0 bridgehead atoms. The molecule has 1 aromatic rings. The Morgan fingerprint density at radius 1 is 1.29 bits per heavy atom. The molecule has 1 N–H and O–H groups in total. The Hall–Kier alpha value is -1.46. The van der Waals surface area contributed by atoms with Crippen LogP contribution in [0.15, 0.2) is 48.6 Å². The van der Waals surface area contributed by atoms with Crippen molar-refractivity contribution in [2.75, 3.05) is 6.61 Å². The maximum Gasteiger partial charge on any atom is 0.180 e. The smallest absolute Gasteiger partial charge is 0.180 e. The molecule has 4 nitrogen and oxygen atoms in total. The van der Waals surface area contributed by atoms with Crippen molar-refractivity contribution in [3.63, 3.8) is 0 Å². The van der Waals surface area contributed by atoms with E-state index in [4.69, 9.17) is 14.2 Å². The summed E-state index contributed by atoms with van der Waals surface area (Å²) in [7, 11) is 0. The van der Waals surface area contributed by atoms with Crippen LogP contribution in [-0.2, 0) is 14.2 Å². The molecule has 114 valence electrons. The van der Waals surface area contributed by atoms with Gasteiger partial charge in [-0.25, -0.2) is 0 Å². The van der Waals surface area contributed by atoms with Gasteiger partial charge in [-0.15, -0.1) is 0 Å². The predicted octanol–water partition coefficient (Wildman–Crippen LogP) is 2.74. The van der Waals surface area contributed by atoms with Crippen molar-refractivity contribution >= 4 is 6.08 Å². The van der Waals surface area contributed by atoms with E-state index in [0.717, 1.165) is 5.56 Å². The molecule has 0 fully saturated rings. The lowest BCUT2D eigenvalue weighted by atomic mass is 10.1. The van der Waals surface area contributed by atoms with Gasteiger partial charge in [0, 0.05) is 6.61 Å². The van der Waals surface area contributed by atoms with Crippen LogP contribution in [0.4, 0.5) is 0 Å². The lowest BCUT2D eigenvalue weighted by molar-refractivity contribution is -0.237. The van der Waals surface area contributed by atoms with Crippen molar-refractivity contribution in [2.24, 2.45) is 0 Å². The fourth-order valence-electron chi connectivity index (χ4n) is 2.06. The Kier molecular flexibility index (Phi) is 6.14. The molecule has 0 amide bonds. The average Bonchev–Trinajstić information content (AvgIpc) is 2.49. The van der Waals surface area contributed by atoms with E-state index in [2.05, 4.69) is 0 Å². The first-order valence-electron chi connectivity index (χ1n) is 7.21. The van der Waals surface area contributed by atoms with Gasteiger partial charge >= 0.3 is 0 Å². The summed E-state index contributed by atoms with van der Waals surface area (Å²) in [4.78, 5) is 0. The maximum atomic E-state index is 9.95. The third-order valence-corrected chi connectivity index (χ3v) is 3.10. The first-order valence-corrected chi connectivity index (χ1v) is 7.21. The fourth-order valence-corrected chi connectivity index (χ4v) is 2.06. The molecule has 1 heterocycles. The van der Waals surface area contributed by atoms with Crippen molar-refractivity contribution in [2.45, 2.75) is 38.6 Å². The Balaban J connectivity index is 1.94. The second-order valence-corrected chi connectivity index (χ2v) is 4.77. The summed E-state index contributed by atoms with van der Waals surface area (Å²) in [5, 5.41) is 9.95. The van der Waals surface area contributed by atoms with Crippen LogP contribution in [0.1, 0.15) is 19.4 Å². The number of ether oxygens (including phenoxy) is 3. The van der Waals surface area contributed by atoms with Crippen LogP contribution in [0.5, 0.6) is 0 Å². The summed E-state index contributed by atoms with van der Waals surface area (Å²) in [5.74, 6) is 0. The van der Waals surface area contributed by atoms with Gasteiger partial charge in [0.15, 0.2) is 12.6 Å². The van der Waals surface area contributed by atoms with Crippen LogP contribution < -0.4 is 0 Å². The Labute approximate surface area is 125 Å². The van der Waals surface area contributed by atoms with Crippen LogP contribution in [0.3, 0.4) is 0 Å². The van der Waals surface area contributed by atoms with Crippen molar-refractivity contribution in [1.82, 2.24) is 0 Å². The fraction of sp³-hybridized carbons (Fsp3) is 0.412. The van der Waals surface area contributed by atoms with Crippen molar-refractivity contribution < 1.29 is 19.3 Å². The molecule has 0 saturated heterocycles. The van der Waals surface area contributed by atoms with Crippen LogP contribution in [0, 0.1) is 0 Å². The standard InChI is InChI=1S/C17H22O4/c1-3-19-13(2)20-17-12-10-15(18)16(21-17)11-9-14-7-5-4-6-8-14/h4-13,15-18H,3H2,1-2H3/b11-9+/t13?,15-,16-,17+/m0/s1. The molecule has 4 atom stereocenters. The first-order chi connectivity index (χ1) is 10.2. The zero-order valence-electron chi connectivity index (χ0n) is 12.4. The van der Waals surface area contributed by atoms with E-state index >= 15 is 0 Å². The van der Waals surface area contributed by atoms with Crippen LogP contribution >= 0.6 is 0 Å². The average molecular weight is 290 g/mol. The highest BCUT2D eigenvalue weighted by atomic mass is 16.8. The summed E-state index contributed by atoms with van der Waals surface area (Å²) in [5.41, 5.74) is 1.06. The zero-order chi connectivity index (χ0) is 15.1. The number of benzene rings is 1. The molecular weight excluding hydrogens is 268 g/mol. The third-order valence-electron chi connectivity index (χ3n) is 3.10. The highest BCUT2D eigenvalue weighted by Crippen LogP contribution is 2.18. The normalized spacial score (nSPS) is 27.1. The quantitative estimate of drug-likeness (QED) is 0.646. The van der Waals surface area contributed by atoms with Gasteiger partial charge in [0.2, 0.25) is 0 Å². The van der Waals surface area contributed by atoms with Crippen LogP contribution in [0.2, 0.25) is 0 Å². The van der Waals surface area contributed by atoms with Crippen LogP contribution in [-0.4, -0.2) is 36.5 Å². The summed E-state index contributed by atoms with van der Waals surface area (Å²) >= 11 is 0. The monoisotopic (exact) mass is 290 g/mol. The molecule has 1 aromatic carbocycles. The van der Waals surface area contributed by atoms with Gasteiger partial charge in [0.05, 0.1) is 0 Å². The number of aliphatic hydroxyl groups is 1. The largest absolute Gasteiger partial charge is 0.386 e. The summed E-state index contributed by atoms with van der Waals surface area (Å²) in [6.45, 7) is 4.31. The molecule has 21 heavy (non-hydrogen) atoms. The number of rotatable bonds is 6. The van der Waals surface area contributed by atoms with E-state index in [1.807, 2.05) is 56.3 Å². The molecule has 0 aliphatic carbocycles. The Morgan fingerprint density at radius 2 is 2.05 bits per heavy atom. The SMILES string of the molecule is CCOC(C)O[C@H]1C=C[C@H](O)[C@H](/C=C/c2ccccc2)O1. The Bertz CT molecular complexity index is 469. The second kappa shape index (κ2) is 8.10. The molecule has 1 aliphatic heterocycles. The van der Waals surface area contributed by atoms with E-state index in [9.17, 15) is 5.11 Å². The minimum atomic E-state index is -0.674. The first kappa shape index (κ1) is 15.9. The molecular formula is C17H22O4. The molecule has 1 aliphatic rings. The van der Waals surface area contributed by atoms with Gasteiger partial charge in [0.25, 0.3) is 0 Å². The van der Waals surface area contributed by atoms with Crippen molar-refractivity contribution in [3.05, 3.63) is 54.1 Å². The van der Waals surface area contributed by atoms with Crippen LogP contribution in [0.25, 0.3) is 6.08 Å². The minimum Gasteiger partial charge on any atom is -0.386 e. The van der Waals surface area contributed by atoms with Gasteiger partial charge in [-0.05, 0) is 25.5 Å². The highest BCUT2D eigenvalue weighted by molar-refractivity contribution is 5.49. The van der Waals surface area contributed by atoms with Gasteiger partial charge < -0.3 is 19.3 Å². The van der Waals surface area contributed by atoms with Gasteiger partial charge in [0.1, 0.15) is 12.2 Å². The summed E-state index contributed by atoms with van der Waals surface area (Å²) in [6.07, 6.45) is 5.18. The van der Waals surface area contributed by atoms with E-state index < -0.39 is 18.5 Å². The number of hydrogen-bond acceptors (Lipinski definition) is 4. The molecule has 1 unspecified atom stereocenters. The number of aliphatic hydroxyl groups excluding tert-OH is 1. The topological polar surface area (TPSA) is 47.9 Å². The Morgan fingerprint density at radius 3 is 2.76 bits per heavy atom. The summed E-state index contributed by atoms with van der Waals surface area (Å²) in [6, 6.07) is 9.88. The molecule has 0 spiro atoms. The van der Waals surface area contributed by atoms with E-state index in [-0.39, 0.29) is 6.29 Å². The van der Waals surface area contributed by atoms with E-state index in [0.29, 0.717) is 6.61 Å². The minimum absolute atomic E-state index is 0.348. The van der Waals surface area contributed by atoms with Gasteiger partial charge in [-0.1, -0.05) is 48.6 Å². The lowest BCUT2D eigenvalue weighted by Crippen LogP contribution is -2.36. The van der Waals surface area contributed by atoms with Gasteiger partial charge in [-0.2, -0.15) is 0 Å². The van der Waals surface area contributed by atoms with Crippen molar-refractivity contribution in [1.29, 1.82) is 0 Å².